The zero-order valence-corrected chi connectivity index (χ0v) is 15.5. The number of hydrogen-bond acceptors (Lipinski definition) is 4. The number of carbonyl (C=O) groups excluding carboxylic acids is 1. The molecule has 0 unspecified atom stereocenters. The Bertz CT molecular complexity index is 666. The van der Waals surface area contributed by atoms with Crippen molar-refractivity contribution in [3.8, 4) is 17.2 Å². The van der Waals surface area contributed by atoms with E-state index in [4.69, 9.17) is 14.2 Å². The Labute approximate surface area is 150 Å². The highest BCUT2D eigenvalue weighted by Gasteiger charge is 2.17. The average molecular weight is 394 g/mol. The number of methoxy groups -OCH3 is 2. The lowest BCUT2D eigenvalue weighted by Gasteiger charge is -2.19. The van der Waals surface area contributed by atoms with Crippen molar-refractivity contribution < 1.29 is 19.0 Å². The molecule has 0 aliphatic rings. The molecule has 5 nitrogen and oxygen atoms in total. The maximum atomic E-state index is 12.6. The van der Waals surface area contributed by atoms with Gasteiger partial charge in [-0.15, -0.1) is 0 Å². The summed E-state index contributed by atoms with van der Waals surface area (Å²) in [7, 11) is 4.83. The molecule has 0 aliphatic heterocycles. The predicted molar refractivity (Wildman–Crippen MR) is 96.1 cm³/mol. The largest absolute Gasteiger partial charge is 0.495 e. The Morgan fingerprint density at radius 1 is 1.08 bits per heavy atom. The van der Waals surface area contributed by atoms with Gasteiger partial charge in [-0.1, -0.05) is 18.2 Å². The molecule has 0 radical (unpaired) electrons. The van der Waals surface area contributed by atoms with Crippen LogP contribution in [0.25, 0.3) is 0 Å². The fourth-order valence-corrected chi connectivity index (χ4v) is 2.68. The second kappa shape index (κ2) is 8.59. The fraction of sp³-hybridized carbons (Fsp3) is 0.278. The molecule has 2 aromatic rings. The van der Waals surface area contributed by atoms with Crippen LogP contribution in [-0.4, -0.2) is 45.2 Å². The van der Waals surface area contributed by atoms with Gasteiger partial charge in [0, 0.05) is 12.6 Å². The number of benzene rings is 2. The number of rotatable bonds is 7. The van der Waals surface area contributed by atoms with Gasteiger partial charge < -0.3 is 19.1 Å². The first kappa shape index (κ1) is 18.1. The summed E-state index contributed by atoms with van der Waals surface area (Å²) in [6.45, 7) is 0.880. The van der Waals surface area contributed by atoms with Crippen LogP contribution in [0.5, 0.6) is 17.2 Å². The van der Waals surface area contributed by atoms with Gasteiger partial charge in [-0.05, 0) is 40.2 Å². The van der Waals surface area contributed by atoms with E-state index in [-0.39, 0.29) is 5.91 Å². The van der Waals surface area contributed by atoms with Crippen LogP contribution in [0.1, 0.15) is 10.4 Å². The topological polar surface area (TPSA) is 48.0 Å². The molecule has 0 spiro atoms. The molecule has 0 bridgehead atoms. The van der Waals surface area contributed by atoms with Crippen LogP contribution in [0, 0.1) is 0 Å². The maximum absolute atomic E-state index is 12.6. The minimum Gasteiger partial charge on any atom is -0.495 e. The molecule has 2 rings (SSSR count). The van der Waals surface area contributed by atoms with Gasteiger partial charge in [0.05, 0.1) is 20.8 Å². The zero-order chi connectivity index (χ0) is 17.5. The standard InChI is InChI=1S/C18H20BrNO4/c1-20(9-10-24-14-7-5-4-6-8-14)18(21)13-11-15(22-2)17(19)16(12-13)23-3/h4-8,11-12H,9-10H2,1-3H3. The lowest BCUT2D eigenvalue weighted by molar-refractivity contribution is 0.0773. The van der Waals surface area contributed by atoms with E-state index in [0.717, 1.165) is 5.75 Å². The number of halogens is 1. The summed E-state index contributed by atoms with van der Waals surface area (Å²) in [5.41, 5.74) is 0.495. The van der Waals surface area contributed by atoms with Crippen molar-refractivity contribution in [2.75, 3.05) is 34.4 Å². The molecular formula is C18H20BrNO4. The van der Waals surface area contributed by atoms with Crippen molar-refractivity contribution in [3.63, 3.8) is 0 Å². The molecule has 0 fully saturated rings. The second-order valence-corrected chi connectivity index (χ2v) is 5.88. The zero-order valence-electron chi connectivity index (χ0n) is 13.9. The molecule has 0 heterocycles. The second-order valence-electron chi connectivity index (χ2n) is 5.08. The quantitative estimate of drug-likeness (QED) is 0.720. The van der Waals surface area contributed by atoms with Crippen LogP contribution < -0.4 is 14.2 Å². The number of nitrogens with zero attached hydrogens (tertiary/aromatic N) is 1. The summed E-state index contributed by atoms with van der Waals surface area (Å²) in [4.78, 5) is 14.2. The van der Waals surface area contributed by atoms with Crippen LogP contribution in [-0.2, 0) is 0 Å². The monoisotopic (exact) mass is 393 g/mol. The van der Waals surface area contributed by atoms with E-state index in [9.17, 15) is 4.79 Å². The van der Waals surface area contributed by atoms with E-state index in [1.54, 1.807) is 38.3 Å². The van der Waals surface area contributed by atoms with Gasteiger partial charge >= 0.3 is 0 Å². The molecule has 128 valence electrons. The first-order chi connectivity index (χ1) is 11.6. The Morgan fingerprint density at radius 2 is 1.67 bits per heavy atom. The number of ether oxygens (including phenoxy) is 3. The molecule has 0 N–H and O–H groups in total. The SMILES string of the molecule is COc1cc(C(=O)N(C)CCOc2ccccc2)cc(OC)c1Br. The van der Waals surface area contributed by atoms with E-state index in [2.05, 4.69) is 15.9 Å². The number of para-hydroxylation sites is 1. The van der Waals surface area contributed by atoms with Gasteiger partial charge in [-0.2, -0.15) is 0 Å². The van der Waals surface area contributed by atoms with E-state index >= 15 is 0 Å². The molecule has 1 amide bonds. The Kier molecular flexibility index (Phi) is 6.49. The third kappa shape index (κ3) is 4.41. The number of amides is 1. The van der Waals surface area contributed by atoms with Crippen LogP contribution in [0.15, 0.2) is 46.9 Å². The molecule has 6 heteroatoms. The molecule has 2 aromatic carbocycles. The Morgan fingerprint density at radius 3 is 2.21 bits per heavy atom. The van der Waals surface area contributed by atoms with Crippen LogP contribution in [0.2, 0.25) is 0 Å². The van der Waals surface area contributed by atoms with Gasteiger partial charge in [0.15, 0.2) is 0 Å². The molecule has 0 atom stereocenters. The summed E-state index contributed by atoms with van der Waals surface area (Å²) in [5, 5.41) is 0. The highest BCUT2D eigenvalue weighted by molar-refractivity contribution is 9.10. The number of carbonyl (C=O) groups is 1. The van der Waals surface area contributed by atoms with Gasteiger partial charge in [0.2, 0.25) is 0 Å². The molecule has 0 saturated heterocycles. The molecule has 0 aromatic heterocycles. The number of likely N-dealkylation sites (N-methyl/N-ethyl adjacent to an activating group) is 1. The van der Waals surface area contributed by atoms with Crippen LogP contribution in [0.3, 0.4) is 0 Å². The van der Waals surface area contributed by atoms with Crippen LogP contribution >= 0.6 is 15.9 Å². The smallest absolute Gasteiger partial charge is 0.253 e. The summed E-state index contributed by atoms with van der Waals surface area (Å²) >= 11 is 3.39. The van der Waals surface area contributed by atoms with E-state index in [0.29, 0.717) is 34.7 Å². The third-order valence-corrected chi connectivity index (χ3v) is 4.26. The lowest BCUT2D eigenvalue weighted by Crippen LogP contribution is -2.30. The maximum Gasteiger partial charge on any atom is 0.253 e. The molecule has 0 saturated carbocycles. The summed E-state index contributed by atoms with van der Waals surface area (Å²) in [6.07, 6.45) is 0. The van der Waals surface area contributed by atoms with Gasteiger partial charge in [-0.3, -0.25) is 4.79 Å². The van der Waals surface area contributed by atoms with E-state index in [1.165, 1.54) is 0 Å². The first-order valence-corrected chi connectivity index (χ1v) is 8.21. The van der Waals surface area contributed by atoms with Crippen molar-refractivity contribution in [2.45, 2.75) is 0 Å². The van der Waals surface area contributed by atoms with Crippen molar-refractivity contribution in [1.82, 2.24) is 4.90 Å². The van der Waals surface area contributed by atoms with Crippen LogP contribution in [0.4, 0.5) is 0 Å². The normalized spacial score (nSPS) is 10.2. The predicted octanol–water partition coefficient (Wildman–Crippen LogP) is 3.62. The highest BCUT2D eigenvalue weighted by Crippen LogP contribution is 2.35. The van der Waals surface area contributed by atoms with Crippen molar-refractivity contribution >= 4 is 21.8 Å². The molecule has 24 heavy (non-hydrogen) atoms. The summed E-state index contributed by atoms with van der Waals surface area (Å²) < 4.78 is 16.8. The highest BCUT2D eigenvalue weighted by atomic mass is 79.9. The van der Waals surface area contributed by atoms with E-state index < -0.39 is 0 Å². The summed E-state index contributed by atoms with van der Waals surface area (Å²) in [5.74, 6) is 1.75. The number of hydrogen-bond donors (Lipinski definition) is 0. The molecular weight excluding hydrogens is 374 g/mol. The fourth-order valence-electron chi connectivity index (χ4n) is 2.13. The van der Waals surface area contributed by atoms with Crippen molar-refractivity contribution in [3.05, 3.63) is 52.5 Å². The summed E-state index contributed by atoms with van der Waals surface area (Å²) in [6, 6.07) is 12.9. The minimum absolute atomic E-state index is 0.129. The average Bonchev–Trinajstić information content (AvgIpc) is 2.62. The van der Waals surface area contributed by atoms with Crippen molar-refractivity contribution in [2.24, 2.45) is 0 Å². The van der Waals surface area contributed by atoms with Crippen molar-refractivity contribution in [1.29, 1.82) is 0 Å². The molecule has 0 aliphatic carbocycles. The lowest BCUT2D eigenvalue weighted by atomic mass is 10.1. The van der Waals surface area contributed by atoms with Gasteiger partial charge in [-0.25, -0.2) is 0 Å². The Balaban J connectivity index is 2.02. The van der Waals surface area contributed by atoms with E-state index in [1.807, 2.05) is 30.3 Å². The van der Waals surface area contributed by atoms with Gasteiger partial charge in [0.25, 0.3) is 5.91 Å². The Hall–Kier alpha value is -2.21. The van der Waals surface area contributed by atoms with Gasteiger partial charge in [0.1, 0.15) is 28.3 Å². The first-order valence-electron chi connectivity index (χ1n) is 7.41. The third-order valence-electron chi connectivity index (χ3n) is 3.48. The minimum atomic E-state index is -0.129.